The molecule has 5 rings (SSSR count). The Balaban J connectivity index is 1.72. The number of carbonyl (C=O) groups excluding carboxylic acids is 1. The number of ether oxygens (including phenoxy) is 3. The van der Waals surface area contributed by atoms with Crippen molar-refractivity contribution >= 4 is 17.3 Å². The number of allylic oxidation sites excluding steroid dienone is 1. The van der Waals surface area contributed by atoms with Crippen molar-refractivity contribution in [2.45, 2.75) is 18.4 Å². The van der Waals surface area contributed by atoms with Crippen molar-refractivity contribution in [1.29, 1.82) is 0 Å². The monoisotopic (exact) mass is 464 g/mol. The predicted molar refractivity (Wildman–Crippen MR) is 125 cm³/mol. The zero-order valence-electron chi connectivity index (χ0n) is 18.9. The summed E-state index contributed by atoms with van der Waals surface area (Å²) < 4.78 is 31.3. The number of halogens is 1. The van der Waals surface area contributed by atoms with Gasteiger partial charge < -0.3 is 29.8 Å². The molecule has 1 aromatic carbocycles. The first kappa shape index (κ1) is 22.0. The second-order valence-corrected chi connectivity index (χ2v) is 8.14. The summed E-state index contributed by atoms with van der Waals surface area (Å²) in [6.07, 6.45) is 7.76. The number of nitrogens with zero attached hydrogens (tertiary/aromatic N) is 1. The number of rotatable bonds is 4. The molecule has 0 aliphatic carbocycles. The fourth-order valence-corrected chi connectivity index (χ4v) is 4.42. The van der Waals surface area contributed by atoms with Gasteiger partial charge in [0.15, 0.2) is 11.6 Å². The minimum Gasteiger partial charge on any atom is -0.492 e. The summed E-state index contributed by atoms with van der Waals surface area (Å²) in [6.45, 7) is 0.796. The van der Waals surface area contributed by atoms with Gasteiger partial charge in [-0.25, -0.2) is 4.39 Å². The van der Waals surface area contributed by atoms with Crippen LogP contribution in [0.3, 0.4) is 0 Å². The molecule has 0 radical (unpaired) electrons. The van der Waals surface area contributed by atoms with Gasteiger partial charge in [0.1, 0.15) is 18.5 Å². The molecule has 2 aromatic heterocycles. The molecule has 0 saturated carbocycles. The number of aromatic nitrogens is 2. The number of fused-ring (bicyclic) bond motifs is 3. The van der Waals surface area contributed by atoms with Crippen molar-refractivity contribution in [1.82, 2.24) is 15.3 Å². The van der Waals surface area contributed by atoms with E-state index in [0.717, 1.165) is 5.69 Å². The van der Waals surface area contributed by atoms with Crippen molar-refractivity contribution in [2.24, 2.45) is 0 Å². The predicted octanol–water partition coefficient (Wildman–Crippen LogP) is 4.15. The Kier molecular flexibility index (Phi) is 5.93. The standard InChI is InChI=1S/C25H25FN4O4/c1-32-15-6-3-5-14-11-28-25(31)20-21(14)30-22(16-9-10-27-12-19(16)34-13-15)23(20)29-18-8-4-7-17(26)24(18)33-2/h3-4,6-10,12,14-15,29-30H,5,11,13H2,1-2H3,(H,28,31)/b6-3-. The number of methoxy groups -OCH3 is 2. The second kappa shape index (κ2) is 9.18. The summed E-state index contributed by atoms with van der Waals surface area (Å²) in [5.74, 6) is -0.0996. The molecule has 2 aliphatic heterocycles. The zero-order chi connectivity index (χ0) is 23.7. The van der Waals surface area contributed by atoms with Crippen LogP contribution in [0, 0.1) is 5.82 Å². The third-order valence-corrected chi connectivity index (χ3v) is 6.14. The Morgan fingerprint density at radius 3 is 2.97 bits per heavy atom. The first-order valence-corrected chi connectivity index (χ1v) is 11.0. The first-order valence-electron chi connectivity index (χ1n) is 11.0. The van der Waals surface area contributed by atoms with Crippen LogP contribution in [0.25, 0.3) is 11.3 Å². The van der Waals surface area contributed by atoms with Crippen molar-refractivity contribution in [3.05, 3.63) is 65.9 Å². The third-order valence-electron chi connectivity index (χ3n) is 6.14. The maximum absolute atomic E-state index is 14.4. The number of para-hydroxylation sites is 1. The lowest BCUT2D eigenvalue weighted by molar-refractivity contribution is 0.0913. The highest BCUT2D eigenvalue weighted by Gasteiger charge is 2.33. The number of pyridine rings is 1. The fourth-order valence-electron chi connectivity index (χ4n) is 4.42. The molecule has 8 nitrogen and oxygen atoms in total. The average molecular weight is 464 g/mol. The number of amides is 1. The van der Waals surface area contributed by atoms with Crippen LogP contribution in [0.5, 0.6) is 11.5 Å². The lowest BCUT2D eigenvalue weighted by atomic mass is 9.93. The molecule has 176 valence electrons. The van der Waals surface area contributed by atoms with Gasteiger partial charge in [0.25, 0.3) is 5.91 Å². The number of nitrogens with one attached hydrogen (secondary N) is 3. The Morgan fingerprint density at radius 1 is 1.26 bits per heavy atom. The van der Waals surface area contributed by atoms with Crippen LogP contribution in [0.1, 0.15) is 28.4 Å². The highest BCUT2D eigenvalue weighted by molar-refractivity contribution is 6.07. The van der Waals surface area contributed by atoms with E-state index in [4.69, 9.17) is 14.2 Å². The lowest BCUT2D eigenvalue weighted by Gasteiger charge is -2.23. The number of hydrogen-bond donors (Lipinski definition) is 3. The number of aromatic amines is 1. The third kappa shape index (κ3) is 3.88. The van der Waals surface area contributed by atoms with Gasteiger partial charge in [-0.2, -0.15) is 0 Å². The maximum atomic E-state index is 14.4. The van der Waals surface area contributed by atoms with Crippen LogP contribution >= 0.6 is 0 Å². The van der Waals surface area contributed by atoms with Crippen LogP contribution in [-0.2, 0) is 4.74 Å². The van der Waals surface area contributed by atoms with E-state index in [2.05, 4.69) is 20.6 Å². The molecule has 34 heavy (non-hydrogen) atoms. The molecule has 2 unspecified atom stereocenters. The van der Waals surface area contributed by atoms with Crippen molar-refractivity contribution in [3.63, 3.8) is 0 Å². The van der Waals surface area contributed by atoms with Crippen LogP contribution in [-0.4, -0.2) is 49.4 Å². The molecule has 2 bridgehead atoms. The van der Waals surface area contributed by atoms with E-state index >= 15 is 0 Å². The van der Waals surface area contributed by atoms with Gasteiger partial charge in [-0.3, -0.25) is 9.78 Å². The van der Waals surface area contributed by atoms with Crippen molar-refractivity contribution in [3.8, 4) is 22.8 Å². The topological polar surface area (TPSA) is 97.5 Å². The Morgan fingerprint density at radius 2 is 2.15 bits per heavy atom. The van der Waals surface area contributed by atoms with Gasteiger partial charge in [0, 0.05) is 37.0 Å². The van der Waals surface area contributed by atoms with Crippen LogP contribution < -0.4 is 20.1 Å². The van der Waals surface area contributed by atoms with Crippen LogP contribution in [0.4, 0.5) is 15.8 Å². The average Bonchev–Trinajstić information content (AvgIpc) is 3.22. The molecule has 0 fully saturated rings. The lowest BCUT2D eigenvalue weighted by Crippen LogP contribution is -2.35. The molecule has 2 atom stereocenters. The molecule has 0 spiro atoms. The van der Waals surface area contributed by atoms with E-state index in [1.54, 1.807) is 31.6 Å². The number of anilines is 2. The summed E-state index contributed by atoms with van der Waals surface area (Å²) in [7, 11) is 3.04. The Bertz CT molecular complexity index is 1260. The van der Waals surface area contributed by atoms with Crippen LogP contribution in [0.15, 0.2) is 48.8 Å². The minimum absolute atomic E-state index is 0.0239. The summed E-state index contributed by atoms with van der Waals surface area (Å²) in [5.41, 5.74) is 3.57. The van der Waals surface area contributed by atoms with E-state index in [1.165, 1.54) is 13.2 Å². The molecular weight excluding hydrogens is 439 g/mol. The molecular formula is C25H25FN4O4. The first-order chi connectivity index (χ1) is 16.6. The van der Waals surface area contributed by atoms with Gasteiger partial charge in [-0.1, -0.05) is 18.2 Å². The van der Waals surface area contributed by atoms with E-state index in [0.29, 0.717) is 53.5 Å². The summed E-state index contributed by atoms with van der Waals surface area (Å²) in [5, 5.41) is 6.25. The van der Waals surface area contributed by atoms with Gasteiger partial charge >= 0.3 is 0 Å². The SMILES string of the molecule is COc1c(F)cccc1Nc1c2[nH]c3c1C(=O)NCC3C/C=C\C(OC)COc1cnccc1-2. The maximum Gasteiger partial charge on any atom is 0.255 e. The van der Waals surface area contributed by atoms with Crippen LogP contribution in [0.2, 0.25) is 0 Å². The number of hydrogen-bond acceptors (Lipinski definition) is 6. The summed E-state index contributed by atoms with van der Waals surface area (Å²) >= 11 is 0. The van der Waals surface area contributed by atoms with E-state index in [-0.39, 0.29) is 23.7 Å². The van der Waals surface area contributed by atoms with Gasteiger partial charge in [-0.05, 0) is 24.6 Å². The van der Waals surface area contributed by atoms with Gasteiger partial charge in [0.05, 0.1) is 35.9 Å². The Hall–Kier alpha value is -3.85. The molecule has 2 aliphatic rings. The highest BCUT2D eigenvalue weighted by Crippen LogP contribution is 2.44. The van der Waals surface area contributed by atoms with Crippen molar-refractivity contribution in [2.75, 3.05) is 32.7 Å². The molecule has 3 N–H and O–H groups in total. The second-order valence-electron chi connectivity index (χ2n) is 8.14. The molecule has 4 heterocycles. The number of carbonyl (C=O) groups is 1. The molecule has 3 aromatic rings. The number of H-pyrrole nitrogens is 1. The quantitative estimate of drug-likeness (QED) is 0.502. The smallest absolute Gasteiger partial charge is 0.255 e. The molecule has 0 saturated heterocycles. The Labute approximate surface area is 196 Å². The molecule has 1 amide bonds. The van der Waals surface area contributed by atoms with E-state index in [9.17, 15) is 9.18 Å². The fraction of sp³-hybridized carbons (Fsp3) is 0.280. The largest absolute Gasteiger partial charge is 0.492 e. The zero-order valence-corrected chi connectivity index (χ0v) is 18.9. The van der Waals surface area contributed by atoms with Gasteiger partial charge in [-0.15, -0.1) is 0 Å². The van der Waals surface area contributed by atoms with E-state index in [1.807, 2.05) is 18.2 Å². The summed E-state index contributed by atoms with van der Waals surface area (Å²) in [6, 6.07) is 6.42. The normalized spacial score (nSPS) is 20.1. The summed E-state index contributed by atoms with van der Waals surface area (Å²) in [4.78, 5) is 20.8. The van der Waals surface area contributed by atoms with Gasteiger partial charge in [0.2, 0.25) is 0 Å². The molecule has 9 heteroatoms. The van der Waals surface area contributed by atoms with E-state index < -0.39 is 5.82 Å². The van der Waals surface area contributed by atoms with Crippen molar-refractivity contribution < 1.29 is 23.4 Å². The highest BCUT2D eigenvalue weighted by atomic mass is 19.1. The number of benzene rings is 1. The minimum atomic E-state index is -0.504.